The zero-order valence-electron chi connectivity index (χ0n) is 11.5. The lowest BCUT2D eigenvalue weighted by Crippen LogP contribution is -2.00. The molecule has 1 aliphatic rings. The van der Waals surface area contributed by atoms with Crippen LogP contribution in [0.3, 0.4) is 0 Å². The average Bonchev–Trinajstić information content (AvgIpc) is 2.88. The van der Waals surface area contributed by atoms with Gasteiger partial charge in [-0.3, -0.25) is 0 Å². The summed E-state index contributed by atoms with van der Waals surface area (Å²) in [6.07, 6.45) is 0.902. The molecule has 2 aromatic rings. The van der Waals surface area contributed by atoms with Crippen molar-refractivity contribution < 1.29 is 4.74 Å². The molecule has 0 aromatic heterocycles. The standard InChI is InChI=1S/C17H16Cl2O/c1-10-4-3-5-14(11(10)2)16(19)15-9-13(18)8-12-6-7-20-17(12)15/h3-5,8-9,16H,6-7H2,1-2H3. The molecule has 0 fully saturated rings. The van der Waals surface area contributed by atoms with Gasteiger partial charge in [-0.05, 0) is 48.2 Å². The first kappa shape index (κ1) is 13.8. The van der Waals surface area contributed by atoms with Crippen molar-refractivity contribution in [3.63, 3.8) is 0 Å². The highest BCUT2D eigenvalue weighted by atomic mass is 35.5. The van der Waals surface area contributed by atoms with E-state index >= 15 is 0 Å². The van der Waals surface area contributed by atoms with Crippen LogP contribution in [0.25, 0.3) is 0 Å². The Morgan fingerprint density at radius 2 is 1.95 bits per heavy atom. The molecule has 0 N–H and O–H groups in total. The fourth-order valence-electron chi connectivity index (χ4n) is 2.70. The van der Waals surface area contributed by atoms with Gasteiger partial charge in [-0.15, -0.1) is 11.6 Å². The molecule has 2 aromatic carbocycles. The zero-order valence-corrected chi connectivity index (χ0v) is 13.1. The lowest BCUT2D eigenvalue weighted by atomic mass is 9.95. The summed E-state index contributed by atoms with van der Waals surface area (Å²) in [6.45, 7) is 4.91. The molecule has 0 spiro atoms. The summed E-state index contributed by atoms with van der Waals surface area (Å²) in [5.41, 5.74) is 5.71. The van der Waals surface area contributed by atoms with E-state index in [1.165, 1.54) is 11.1 Å². The first-order chi connectivity index (χ1) is 9.58. The van der Waals surface area contributed by atoms with Crippen LogP contribution >= 0.6 is 23.2 Å². The van der Waals surface area contributed by atoms with Gasteiger partial charge in [0.25, 0.3) is 0 Å². The lowest BCUT2D eigenvalue weighted by molar-refractivity contribution is 0.353. The quantitative estimate of drug-likeness (QED) is 0.691. The number of hydrogen-bond donors (Lipinski definition) is 0. The van der Waals surface area contributed by atoms with Crippen LogP contribution in [0.5, 0.6) is 5.75 Å². The van der Waals surface area contributed by atoms with E-state index in [0.717, 1.165) is 33.9 Å². The summed E-state index contributed by atoms with van der Waals surface area (Å²) in [6, 6.07) is 10.1. The summed E-state index contributed by atoms with van der Waals surface area (Å²) >= 11 is 12.9. The number of aryl methyl sites for hydroxylation is 1. The Hall–Kier alpha value is -1.18. The molecule has 3 heteroatoms. The minimum absolute atomic E-state index is 0.236. The summed E-state index contributed by atoms with van der Waals surface area (Å²) in [7, 11) is 0. The van der Waals surface area contributed by atoms with E-state index in [2.05, 4.69) is 26.0 Å². The van der Waals surface area contributed by atoms with Crippen LogP contribution in [0.1, 0.15) is 33.2 Å². The van der Waals surface area contributed by atoms with Gasteiger partial charge in [0.2, 0.25) is 0 Å². The largest absolute Gasteiger partial charge is 0.493 e. The maximum atomic E-state index is 6.73. The highest BCUT2D eigenvalue weighted by Crippen LogP contribution is 2.42. The summed E-state index contributed by atoms with van der Waals surface area (Å²) in [5, 5.41) is 0.487. The van der Waals surface area contributed by atoms with Gasteiger partial charge in [0, 0.05) is 17.0 Å². The van der Waals surface area contributed by atoms with E-state index in [0.29, 0.717) is 6.61 Å². The molecule has 0 saturated carbocycles. The molecule has 104 valence electrons. The number of hydrogen-bond acceptors (Lipinski definition) is 1. The van der Waals surface area contributed by atoms with Crippen molar-refractivity contribution in [3.05, 3.63) is 63.2 Å². The molecule has 1 unspecified atom stereocenters. The van der Waals surface area contributed by atoms with Crippen LogP contribution in [-0.4, -0.2) is 6.61 Å². The minimum Gasteiger partial charge on any atom is -0.493 e. The molecule has 3 rings (SSSR count). The average molecular weight is 307 g/mol. The van der Waals surface area contributed by atoms with Crippen LogP contribution in [0.4, 0.5) is 0 Å². The molecular weight excluding hydrogens is 291 g/mol. The first-order valence-electron chi connectivity index (χ1n) is 6.73. The maximum absolute atomic E-state index is 6.73. The number of alkyl halides is 1. The minimum atomic E-state index is -0.236. The molecule has 1 heterocycles. The Labute approximate surface area is 129 Å². The van der Waals surface area contributed by atoms with E-state index in [4.69, 9.17) is 27.9 Å². The SMILES string of the molecule is Cc1cccc(C(Cl)c2cc(Cl)cc3c2OCC3)c1C. The van der Waals surface area contributed by atoms with Gasteiger partial charge in [-0.1, -0.05) is 29.8 Å². The van der Waals surface area contributed by atoms with Gasteiger partial charge in [-0.25, -0.2) is 0 Å². The van der Waals surface area contributed by atoms with Crippen LogP contribution in [0.2, 0.25) is 5.02 Å². The molecule has 1 nitrogen and oxygen atoms in total. The van der Waals surface area contributed by atoms with Crippen LogP contribution in [0, 0.1) is 13.8 Å². The summed E-state index contributed by atoms with van der Waals surface area (Å²) in [4.78, 5) is 0. The van der Waals surface area contributed by atoms with E-state index < -0.39 is 0 Å². The van der Waals surface area contributed by atoms with E-state index in [1.807, 2.05) is 18.2 Å². The van der Waals surface area contributed by atoms with Crippen LogP contribution < -0.4 is 4.74 Å². The Morgan fingerprint density at radius 3 is 2.75 bits per heavy atom. The normalized spacial score (nSPS) is 14.8. The lowest BCUT2D eigenvalue weighted by Gasteiger charge is -2.18. The van der Waals surface area contributed by atoms with Gasteiger partial charge in [0.05, 0.1) is 12.0 Å². The van der Waals surface area contributed by atoms with E-state index in [-0.39, 0.29) is 5.38 Å². The van der Waals surface area contributed by atoms with E-state index in [1.54, 1.807) is 0 Å². The number of ether oxygens (including phenoxy) is 1. The van der Waals surface area contributed by atoms with E-state index in [9.17, 15) is 0 Å². The fourth-order valence-corrected chi connectivity index (χ4v) is 3.35. The third-order valence-electron chi connectivity index (χ3n) is 3.97. The Kier molecular flexibility index (Phi) is 3.66. The Bertz CT molecular complexity index is 664. The van der Waals surface area contributed by atoms with Crippen molar-refractivity contribution in [1.29, 1.82) is 0 Å². The molecular formula is C17H16Cl2O. The van der Waals surface area contributed by atoms with Gasteiger partial charge in [0.1, 0.15) is 5.75 Å². The van der Waals surface area contributed by atoms with Crippen molar-refractivity contribution >= 4 is 23.2 Å². The third kappa shape index (κ3) is 2.30. The van der Waals surface area contributed by atoms with Gasteiger partial charge in [-0.2, -0.15) is 0 Å². The Morgan fingerprint density at radius 1 is 1.15 bits per heavy atom. The molecule has 0 aliphatic carbocycles. The van der Waals surface area contributed by atoms with Crippen molar-refractivity contribution in [2.24, 2.45) is 0 Å². The van der Waals surface area contributed by atoms with Crippen molar-refractivity contribution in [2.45, 2.75) is 25.6 Å². The predicted octanol–water partition coefficient (Wildman–Crippen LogP) is 5.22. The molecule has 0 bridgehead atoms. The predicted molar refractivity (Wildman–Crippen MR) is 84.3 cm³/mol. The number of benzene rings is 2. The first-order valence-corrected chi connectivity index (χ1v) is 7.54. The maximum Gasteiger partial charge on any atom is 0.127 e. The second-order valence-electron chi connectivity index (χ2n) is 5.23. The van der Waals surface area contributed by atoms with Crippen molar-refractivity contribution in [1.82, 2.24) is 0 Å². The summed E-state index contributed by atoms with van der Waals surface area (Å²) in [5.74, 6) is 0.912. The fraction of sp³-hybridized carbons (Fsp3) is 0.294. The molecule has 0 radical (unpaired) electrons. The van der Waals surface area contributed by atoms with Gasteiger partial charge in [0.15, 0.2) is 0 Å². The third-order valence-corrected chi connectivity index (χ3v) is 4.66. The number of fused-ring (bicyclic) bond motifs is 1. The molecule has 0 amide bonds. The number of rotatable bonds is 2. The van der Waals surface area contributed by atoms with Crippen molar-refractivity contribution in [2.75, 3.05) is 6.61 Å². The smallest absolute Gasteiger partial charge is 0.127 e. The number of halogens is 2. The molecule has 1 aliphatic heterocycles. The van der Waals surface area contributed by atoms with Crippen LogP contribution in [0.15, 0.2) is 30.3 Å². The zero-order chi connectivity index (χ0) is 14.3. The molecule has 20 heavy (non-hydrogen) atoms. The molecule has 1 atom stereocenters. The Balaban J connectivity index is 2.11. The monoisotopic (exact) mass is 306 g/mol. The van der Waals surface area contributed by atoms with Crippen LogP contribution in [-0.2, 0) is 6.42 Å². The highest BCUT2D eigenvalue weighted by molar-refractivity contribution is 6.31. The van der Waals surface area contributed by atoms with Gasteiger partial charge >= 0.3 is 0 Å². The summed E-state index contributed by atoms with van der Waals surface area (Å²) < 4.78 is 5.75. The topological polar surface area (TPSA) is 9.23 Å². The van der Waals surface area contributed by atoms with Gasteiger partial charge < -0.3 is 4.74 Å². The van der Waals surface area contributed by atoms with Crippen molar-refractivity contribution in [3.8, 4) is 5.75 Å². The second-order valence-corrected chi connectivity index (χ2v) is 6.11. The highest BCUT2D eigenvalue weighted by Gasteiger charge is 2.24. The second kappa shape index (κ2) is 5.31. The molecule has 0 saturated heterocycles.